The quantitative estimate of drug-likeness (QED) is 0.0286. The lowest BCUT2D eigenvalue weighted by Crippen LogP contribution is -2.61. The first-order chi connectivity index (χ1) is 64.0. The number of nitrogens with two attached hydrogens (primary N) is 3. The number of hydrogen-bond acceptors (Lipinski definition) is 33. The minimum absolute atomic E-state index is 0.0120. The molecule has 133 heavy (non-hydrogen) atoms. The summed E-state index contributed by atoms with van der Waals surface area (Å²) in [6.45, 7) is 15.6. The molecule has 0 unspecified atom stereocenters. The standard InChI is InChI=1S/C95H119N21O17/c1-54-14-10-9-11-15-55(2)75(128-7)42-68-22-17-59(6)95(127,133-68)83(121)88(124)115-26-13-12-16-71(115)89(125)130-76(43-72(117)56(3)37-58(5)81(119)82(120)80(118)57(4)36-54)69(96)39-60-19-23-74(77(40-60)129-8)132-94(126)105-46-62-44-99-91(100-45-62)112-32-34-113(35-33-112)93-101-47-66(48-102-93)86(122)110-28-30-111(31-29-110)92-103-49-67(50-104-92)87(123)114-27-25-63-38-61(18-20-65(63)52-114)51-116-85-78(84(97)106-53-107-85)79(109-116)64-21-24-73-70(41-64)108-90(98)131-73/h9-11,14-15,18,20-21,24,37-38,41,44-45,47-50,53-54,56-57,59-60,68-69,71,74-77,81-82,119-120,127H,12-13,16-17,19,22-23,25-36,39-40,42-43,46,51-52,96H2,1-8H3,(H2,98,108)(H,105,126)(H2,97,106,107)/b11-9+,14-10+,55-15+,58-37+/t54-,56-,57-,59-,60+,68+,69-,71+,74-,75+,76+,77-,81-,82+,95-/m1/s1. The zero-order valence-electron chi connectivity index (χ0n) is 76.3. The van der Waals surface area contributed by atoms with Crippen LogP contribution in [-0.2, 0) is 73.7 Å². The topological polar surface area (TPSA) is 500 Å². The van der Waals surface area contributed by atoms with Crippen LogP contribution in [0.3, 0.4) is 0 Å². The molecule has 2 bridgehead atoms. The van der Waals surface area contributed by atoms with Gasteiger partial charge >= 0.3 is 12.1 Å². The molecular formula is C95H119N21O17. The number of carbonyl (C=O) groups is 8. The molecule has 1 aliphatic carbocycles. The molecule has 0 spiro atoms. The van der Waals surface area contributed by atoms with Gasteiger partial charge < -0.3 is 95.3 Å². The monoisotopic (exact) mass is 1830 g/mol. The summed E-state index contributed by atoms with van der Waals surface area (Å²) in [6, 6.07) is 9.53. The maximum Gasteiger partial charge on any atom is 0.407 e. The fourth-order valence-electron chi connectivity index (χ4n) is 19.0. The Hall–Kier alpha value is -12.5. The number of oxazole rings is 1. The second-order valence-electron chi connectivity index (χ2n) is 36.3. The van der Waals surface area contributed by atoms with E-state index >= 15 is 0 Å². The van der Waals surface area contributed by atoms with Gasteiger partial charge in [0.05, 0.1) is 41.4 Å². The Morgan fingerprint density at radius 2 is 1.35 bits per heavy atom. The number of allylic oxidation sites excluding steroid dienone is 6. The maximum absolute atomic E-state index is 14.8. The van der Waals surface area contributed by atoms with E-state index in [2.05, 4.69) is 62.3 Å². The van der Waals surface area contributed by atoms with Gasteiger partial charge in [0, 0.05) is 178 Å². The van der Waals surface area contributed by atoms with Crippen molar-refractivity contribution in [1.29, 1.82) is 0 Å². The summed E-state index contributed by atoms with van der Waals surface area (Å²) in [5.41, 5.74) is 27.9. The van der Waals surface area contributed by atoms with Crippen LogP contribution in [-0.4, -0.2) is 272 Å². The molecule has 6 aromatic heterocycles. The number of ether oxygens (including phenoxy) is 5. The first-order valence-corrected chi connectivity index (χ1v) is 45.8. The average molecular weight is 1830 g/mol. The molecule has 4 amide bonds. The van der Waals surface area contributed by atoms with Gasteiger partial charge in [0.1, 0.15) is 59.6 Å². The Balaban J connectivity index is 0.497. The molecule has 38 nitrogen and oxygen atoms in total. The predicted octanol–water partition coefficient (Wildman–Crippen LogP) is 7.17. The van der Waals surface area contributed by atoms with E-state index in [1.807, 2.05) is 81.8 Å². The summed E-state index contributed by atoms with van der Waals surface area (Å²) in [4.78, 5) is 165. The summed E-state index contributed by atoms with van der Waals surface area (Å²) < 4.78 is 37.5. The lowest BCUT2D eigenvalue weighted by Gasteiger charge is -2.42. The third-order valence-electron chi connectivity index (χ3n) is 27.0. The fraction of sp³-hybridized carbons (Fsp3) is 0.516. The molecule has 15 atom stereocenters. The first kappa shape index (κ1) is 95.2. The molecule has 5 fully saturated rings. The van der Waals surface area contributed by atoms with Gasteiger partial charge in [-0.25, -0.2) is 54.1 Å². The van der Waals surface area contributed by atoms with Crippen molar-refractivity contribution in [3.8, 4) is 11.3 Å². The Labute approximate surface area is 770 Å². The number of cyclic esters (lactones) is 1. The minimum atomic E-state index is -2.52. The number of aliphatic hydroxyl groups is 3. The predicted molar refractivity (Wildman–Crippen MR) is 490 cm³/mol. The molecular weight excluding hydrogens is 1710 g/mol. The van der Waals surface area contributed by atoms with Crippen LogP contribution < -0.4 is 37.2 Å². The van der Waals surface area contributed by atoms with Crippen LogP contribution in [0.1, 0.15) is 162 Å². The van der Waals surface area contributed by atoms with E-state index in [9.17, 15) is 53.7 Å². The van der Waals surface area contributed by atoms with Crippen LogP contribution in [0.15, 0.2) is 132 Å². The third kappa shape index (κ3) is 22.1. The van der Waals surface area contributed by atoms with Gasteiger partial charge in [0.15, 0.2) is 17.0 Å². The van der Waals surface area contributed by atoms with Crippen molar-refractivity contribution < 1.29 is 81.8 Å². The van der Waals surface area contributed by atoms with Crippen LogP contribution in [0, 0.1) is 29.6 Å². The highest BCUT2D eigenvalue weighted by Crippen LogP contribution is 2.40. The molecule has 15 rings (SSSR count). The number of alkyl carbamates (subject to hydrolysis) is 1. The molecule has 0 radical (unpaired) electrons. The number of nitrogens with zero attached hydrogens (tertiary/aromatic N) is 17. The van der Waals surface area contributed by atoms with E-state index < -0.39 is 120 Å². The number of rotatable bonds is 16. The number of fused-ring (bicyclic) bond motifs is 6. The zero-order chi connectivity index (χ0) is 94.1. The van der Waals surface area contributed by atoms with Gasteiger partial charge in [-0.05, 0) is 142 Å². The first-order valence-electron chi connectivity index (χ1n) is 45.8. The largest absolute Gasteiger partial charge is 0.459 e. The Kier molecular flexibility index (Phi) is 30.2. The molecule has 7 aliphatic rings. The molecule has 8 aromatic rings. The zero-order valence-corrected chi connectivity index (χ0v) is 76.3. The van der Waals surface area contributed by atoms with Gasteiger partial charge in [-0.3, -0.25) is 28.8 Å². The number of nitrogen functional groups attached to an aromatic ring is 2. The highest BCUT2D eigenvalue weighted by Gasteiger charge is 2.54. The molecule has 2 aromatic carbocycles. The van der Waals surface area contributed by atoms with E-state index in [-0.39, 0.29) is 67.6 Å². The Bertz CT molecular complexity index is 5680. The number of Topliss-reactive ketones (excluding diaryl/α,β-unsaturated/α-hetero) is 3. The van der Waals surface area contributed by atoms with Crippen LogP contribution in [0.25, 0.3) is 33.4 Å². The van der Waals surface area contributed by atoms with Crippen molar-refractivity contribution in [1.82, 2.24) is 74.7 Å². The maximum atomic E-state index is 14.8. The van der Waals surface area contributed by atoms with E-state index in [0.717, 1.165) is 32.7 Å². The highest BCUT2D eigenvalue weighted by atomic mass is 16.6. The Morgan fingerprint density at radius 3 is 2.04 bits per heavy atom. The van der Waals surface area contributed by atoms with Crippen molar-refractivity contribution in [3.05, 3.63) is 161 Å². The number of aromatic nitrogens is 11. The summed E-state index contributed by atoms with van der Waals surface area (Å²) >= 11 is 0. The number of nitrogens with one attached hydrogen (secondary N) is 1. The number of aliphatic hydroxyl groups excluding tert-OH is 2. The second kappa shape index (κ2) is 42.2. The molecule has 12 heterocycles. The number of amides is 4. The van der Waals surface area contributed by atoms with E-state index in [1.165, 1.54) is 26.4 Å². The molecule has 6 aliphatic heterocycles. The number of piperazine rings is 2. The smallest absolute Gasteiger partial charge is 0.407 e. The summed E-state index contributed by atoms with van der Waals surface area (Å²) in [5.74, 6) is -8.04. The number of carbonyl (C=O) groups excluding carboxylic acids is 8. The lowest BCUT2D eigenvalue weighted by atomic mass is 9.80. The number of piperidine rings is 1. The lowest BCUT2D eigenvalue weighted by molar-refractivity contribution is -0.265. The normalized spacial score (nSPS) is 27.6. The van der Waals surface area contributed by atoms with Gasteiger partial charge in [-0.1, -0.05) is 82.4 Å². The van der Waals surface area contributed by atoms with E-state index in [4.69, 9.17) is 50.4 Å². The number of methoxy groups -OCH3 is 2. The van der Waals surface area contributed by atoms with Crippen LogP contribution in [0.4, 0.5) is 34.5 Å². The van der Waals surface area contributed by atoms with Gasteiger partial charge in [-0.15, -0.1) is 0 Å². The van der Waals surface area contributed by atoms with Gasteiger partial charge in [-0.2, -0.15) is 10.1 Å². The van der Waals surface area contributed by atoms with E-state index in [1.54, 1.807) is 80.9 Å². The van der Waals surface area contributed by atoms with Crippen LogP contribution >= 0.6 is 0 Å². The van der Waals surface area contributed by atoms with Crippen molar-refractivity contribution >= 4 is 98.9 Å². The van der Waals surface area contributed by atoms with E-state index in [0.29, 0.717) is 198 Å². The third-order valence-corrected chi connectivity index (χ3v) is 27.0. The number of esters is 1. The number of anilines is 5. The highest BCUT2D eigenvalue weighted by molar-refractivity contribution is 6.39. The average Bonchev–Trinajstić information content (AvgIpc) is 1.75. The molecule has 4 saturated heterocycles. The molecule has 10 N–H and O–H groups in total. The Morgan fingerprint density at radius 1 is 0.677 bits per heavy atom. The number of hydrogen-bond donors (Lipinski definition) is 7. The molecule has 38 heteroatoms. The van der Waals surface area contributed by atoms with Crippen molar-refractivity contribution in [2.45, 2.75) is 205 Å². The van der Waals surface area contributed by atoms with Crippen molar-refractivity contribution in [2.75, 3.05) is 106 Å². The molecule has 1 saturated carbocycles. The minimum Gasteiger partial charge on any atom is -0.459 e. The van der Waals surface area contributed by atoms with Crippen molar-refractivity contribution in [2.24, 2.45) is 35.3 Å². The second-order valence-corrected chi connectivity index (χ2v) is 36.3. The SMILES string of the molecule is CO[C@H]1C[C@@H]2CC[C@@H](C)[C@@](O)(O2)C(=O)C(=O)N2CCCC[C@H]2C(=O)O[C@H]([C@H](N)C[C@@H]2CC[C@@H](OC(=O)NCc3cnc(N4CCN(c5ncc(C(=O)N6CCN(c7ncc(C(=O)N8CCc9cc(Cn%10nc(-c%11ccc%12oc(N)nc%12c%11)c%11c(N)ncnc%11%10)ccc9C8)cn7)CC6)cn5)CC4)nc3)[C@H](OC)C2)CC(=O)[C@H](C)/C=C(\C)[C@@H](O)[C@@H](O)C(=O)[C@H](C)C[C@H](C)/C=C/C=C/C=C/1C. The van der Waals surface area contributed by atoms with Crippen molar-refractivity contribution in [3.63, 3.8) is 0 Å². The van der Waals surface area contributed by atoms with Gasteiger partial charge in [0.2, 0.25) is 23.6 Å². The van der Waals surface area contributed by atoms with Crippen LogP contribution in [0.2, 0.25) is 0 Å². The van der Waals surface area contributed by atoms with Crippen LogP contribution in [0.5, 0.6) is 0 Å². The van der Waals surface area contributed by atoms with Gasteiger partial charge in [0.25, 0.3) is 29.5 Å². The molecule has 706 valence electrons. The number of ketones is 3. The number of benzene rings is 2. The fourth-order valence-corrected chi connectivity index (χ4v) is 19.0. The summed E-state index contributed by atoms with van der Waals surface area (Å²) in [7, 11) is 3.06. The summed E-state index contributed by atoms with van der Waals surface area (Å²) in [5, 5.41) is 43.1. The summed E-state index contributed by atoms with van der Waals surface area (Å²) in [6.07, 6.45) is 18.0.